The summed E-state index contributed by atoms with van der Waals surface area (Å²) in [4.78, 5) is 0. The highest BCUT2D eigenvalue weighted by Gasteiger charge is 2.07. The number of nitrogens with zero attached hydrogens (tertiary/aromatic N) is 1. The van der Waals surface area contributed by atoms with E-state index in [4.69, 9.17) is 16.3 Å². The summed E-state index contributed by atoms with van der Waals surface area (Å²) < 4.78 is 7.18. The van der Waals surface area contributed by atoms with E-state index in [0.717, 1.165) is 11.4 Å². The number of hydrogen-bond acceptors (Lipinski definition) is 1. The number of methoxy groups -OCH3 is 1. The van der Waals surface area contributed by atoms with Crippen molar-refractivity contribution in [3.05, 3.63) is 47.7 Å². The lowest BCUT2D eigenvalue weighted by atomic mass is 10.3. The van der Waals surface area contributed by atoms with Crippen LogP contribution in [0.25, 0.3) is 5.69 Å². The first-order valence-electron chi connectivity index (χ1n) is 4.29. The normalized spacial score (nSPS) is 10.1. The molecule has 0 fully saturated rings. The van der Waals surface area contributed by atoms with Crippen LogP contribution in [-0.2, 0) is 0 Å². The number of halogens is 1. The maximum Gasteiger partial charge on any atom is 0.144 e. The molecular weight excluding hydrogens is 198 g/mol. The zero-order chi connectivity index (χ0) is 9.97. The molecule has 1 aromatic heterocycles. The Bertz CT molecular complexity index is 423. The highest BCUT2D eigenvalue weighted by Crippen LogP contribution is 2.29. The summed E-state index contributed by atoms with van der Waals surface area (Å²) in [5, 5.41) is 0.681. The zero-order valence-electron chi connectivity index (χ0n) is 7.77. The van der Waals surface area contributed by atoms with Gasteiger partial charge in [-0.2, -0.15) is 0 Å². The summed E-state index contributed by atoms with van der Waals surface area (Å²) >= 11 is 6.10. The van der Waals surface area contributed by atoms with Crippen molar-refractivity contribution in [2.24, 2.45) is 0 Å². The minimum atomic E-state index is 0.681. The predicted octanol–water partition coefficient (Wildman–Crippen LogP) is 3.14. The van der Waals surface area contributed by atoms with E-state index in [1.165, 1.54) is 0 Å². The monoisotopic (exact) mass is 207 g/mol. The van der Waals surface area contributed by atoms with E-state index in [9.17, 15) is 0 Å². The Labute approximate surface area is 87.7 Å². The minimum absolute atomic E-state index is 0.681. The van der Waals surface area contributed by atoms with Crippen LogP contribution in [0.5, 0.6) is 5.75 Å². The van der Waals surface area contributed by atoms with Crippen LogP contribution in [0.3, 0.4) is 0 Å². The minimum Gasteiger partial charge on any atom is -0.495 e. The van der Waals surface area contributed by atoms with Crippen LogP contribution >= 0.6 is 11.6 Å². The summed E-state index contributed by atoms with van der Waals surface area (Å²) in [6, 6.07) is 9.50. The molecule has 0 amide bonds. The second kappa shape index (κ2) is 3.76. The molecule has 2 rings (SSSR count). The second-order valence-corrected chi connectivity index (χ2v) is 3.29. The topological polar surface area (TPSA) is 14.2 Å². The Balaban J connectivity index is 2.61. The Morgan fingerprint density at radius 3 is 2.50 bits per heavy atom. The van der Waals surface area contributed by atoms with Crippen LogP contribution in [0.1, 0.15) is 0 Å². The number of aromatic nitrogens is 1. The van der Waals surface area contributed by atoms with Crippen molar-refractivity contribution in [3.8, 4) is 11.4 Å². The average molecular weight is 208 g/mol. The SMILES string of the molecule is COc1cccc(Cl)c1-n1cccc1. The lowest BCUT2D eigenvalue weighted by molar-refractivity contribution is 0.413. The molecule has 0 radical (unpaired) electrons. The van der Waals surface area contributed by atoms with Crippen molar-refractivity contribution in [1.82, 2.24) is 4.57 Å². The maximum atomic E-state index is 6.10. The van der Waals surface area contributed by atoms with E-state index >= 15 is 0 Å². The number of ether oxygens (including phenoxy) is 1. The average Bonchev–Trinajstić information content (AvgIpc) is 2.70. The maximum absolute atomic E-state index is 6.10. The quantitative estimate of drug-likeness (QED) is 0.738. The van der Waals surface area contributed by atoms with Gasteiger partial charge in [0.05, 0.1) is 12.1 Å². The molecular formula is C11H10ClNO. The van der Waals surface area contributed by atoms with Crippen LogP contribution in [0.2, 0.25) is 5.02 Å². The summed E-state index contributed by atoms with van der Waals surface area (Å²) in [7, 11) is 1.64. The largest absolute Gasteiger partial charge is 0.495 e. The van der Waals surface area contributed by atoms with Crippen molar-refractivity contribution in [1.29, 1.82) is 0 Å². The van der Waals surface area contributed by atoms with Crippen molar-refractivity contribution >= 4 is 11.6 Å². The fourth-order valence-electron chi connectivity index (χ4n) is 1.39. The zero-order valence-corrected chi connectivity index (χ0v) is 8.53. The van der Waals surface area contributed by atoms with Crippen molar-refractivity contribution < 1.29 is 4.74 Å². The Kier molecular flexibility index (Phi) is 2.46. The molecule has 3 heteroatoms. The molecule has 0 aliphatic rings. The Hall–Kier alpha value is -1.41. The summed E-state index contributed by atoms with van der Waals surface area (Å²) in [6.07, 6.45) is 3.87. The standard InChI is InChI=1S/C11H10ClNO/c1-14-10-6-4-5-9(12)11(10)13-7-2-3-8-13/h2-8H,1H3. The van der Waals surface area contributed by atoms with Gasteiger partial charge in [0.25, 0.3) is 0 Å². The van der Waals surface area contributed by atoms with Gasteiger partial charge in [-0.3, -0.25) is 0 Å². The van der Waals surface area contributed by atoms with Crippen LogP contribution < -0.4 is 4.74 Å². The van der Waals surface area contributed by atoms with E-state index in [1.54, 1.807) is 7.11 Å². The molecule has 0 N–H and O–H groups in total. The molecule has 0 bridgehead atoms. The molecule has 2 aromatic rings. The lowest BCUT2D eigenvalue weighted by Gasteiger charge is -2.10. The fraction of sp³-hybridized carbons (Fsp3) is 0.0909. The lowest BCUT2D eigenvalue weighted by Crippen LogP contribution is -1.95. The van der Waals surface area contributed by atoms with Crippen molar-refractivity contribution in [2.75, 3.05) is 7.11 Å². The summed E-state index contributed by atoms with van der Waals surface area (Å²) in [5.41, 5.74) is 0.877. The molecule has 1 aromatic carbocycles. The van der Waals surface area contributed by atoms with Gasteiger partial charge in [0, 0.05) is 12.4 Å². The van der Waals surface area contributed by atoms with E-state index in [0.29, 0.717) is 5.02 Å². The third kappa shape index (κ3) is 1.49. The highest BCUT2D eigenvalue weighted by molar-refractivity contribution is 6.32. The smallest absolute Gasteiger partial charge is 0.144 e. The van der Waals surface area contributed by atoms with Gasteiger partial charge in [0.2, 0.25) is 0 Å². The van der Waals surface area contributed by atoms with Gasteiger partial charge in [0.1, 0.15) is 11.4 Å². The van der Waals surface area contributed by atoms with E-state index in [1.807, 2.05) is 47.3 Å². The number of benzene rings is 1. The third-order valence-corrected chi connectivity index (χ3v) is 2.34. The van der Waals surface area contributed by atoms with E-state index in [-0.39, 0.29) is 0 Å². The predicted molar refractivity (Wildman–Crippen MR) is 57.3 cm³/mol. The molecule has 0 aliphatic heterocycles. The molecule has 0 unspecified atom stereocenters. The van der Waals surface area contributed by atoms with Gasteiger partial charge in [-0.15, -0.1) is 0 Å². The van der Waals surface area contributed by atoms with Crippen LogP contribution in [-0.4, -0.2) is 11.7 Å². The van der Waals surface area contributed by atoms with Crippen LogP contribution in [0.4, 0.5) is 0 Å². The molecule has 0 saturated heterocycles. The number of rotatable bonds is 2. The molecule has 0 aliphatic carbocycles. The molecule has 14 heavy (non-hydrogen) atoms. The van der Waals surface area contributed by atoms with Crippen molar-refractivity contribution in [3.63, 3.8) is 0 Å². The van der Waals surface area contributed by atoms with Gasteiger partial charge in [-0.05, 0) is 24.3 Å². The fourth-order valence-corrected chi connectivity index (χ4v) is 1.66. The van der Waals surface area contributed by atoms with Gasteiger partial charge < -0.3 is 9.30 Å². The summed E-state index contributed by atoms with van der Waals surface area (Å²) in [6.45, 7) is 0. The van der Waals surface area contributed by atoms with Gasteiger partial charge in [-0.25, -0.2) is 0 Å². The first kappa shape index (κ1) is 9.16. The van der Waals surface area contributed by atoms with E-state index < -0.39 is 0 Å². The molecule has 72 valence electrons. The van der Waals surface area contributed by atoms with Crippen LogP contribution in [0.15, 0.2) is 42.7 Å². The first-order valence-corrected chi connectivity index (χ1v) is 4.66. The Morgan fingerprint density at radius 1 is 1.14 bits per heavy atom. The molecule has 0 spiro atoms. The third-order valence-electron chi connectivity index (χ3n) is 2.03. The van der Waals surface area contributed by atoms with Gasteiger partial charge >= 0.3 is 0 Å². The van der Waals surface area contributed by atoms with Crippen molar-refractivity contribution in [2.45, 2.75) is 0 Å². The Morgan fingerprint density at radius 2 is 1.86 bits per heavy atom. The molecule has 1 heterocycles. The van der Waals surface area contributed by atoms with Gasteiger partial charge in [0.15, 0.2) is 0 Å². The molecule has 2 nitrogen and oxygen atoms in total. The van der Waals surface area contributed by atoms with E-state index in [2.05, 4.69) is 0 Å². The highest BCUT2D eigenvalue weighted by atomic mass is 35.5. The number of hydrogen-bond donors (Lipinski definition) is 0. The van der Waals surface area contributed by atoms with Gasteiger partial charge in [-0.1, -0.05) is 17.7 Å². The first-order chi connectivity index (χ1) is 6.83. The second-order valence-electron chi connectivity index (χ2n) is 2.88. The number of para-hydroxylation sites is 1. The summed E-state index contributed by atoms with van der Waals surface area (Å²) in [5.74, 6) is 0.772. The molecule has 0 saturated carbocycles. The molecule has 0 atom stereocenters. The van der Waals surface area contributed by atoms with Crippen LogP contribution in [0, 0.1) is 0 Å².